The first-order chi connectivity index (χ1) is 23.2. The normalized spacial score (nSPS) is 14.5. The van der Waals surface area contributed by atoms with Gasteiger partial charge in [0.15, 0.2) is 17.2 Å². The van der Waals surface area contributed by atoms with Gasteiger partial charge in [0.1, 0.15) is 12.4 Å². The Bertz CT molecular complexity index is 2020. The summed E-state index contributed by atoms with van der Waals surface area (Å²) in [5.41, 5.74) is 3.08. The number of nitrogens with zero attached hydrogens (tertiary/aromatic N) is 6. The van der Waals surface area contributed by atoms with E-state index in [0.29, 0.717) is 0 Å². The molecule has 1 aliphatic heterocycles. The molecule has 1 N–H and O–H groups in total. The van der Waals surface area contributed by atoms with E-state index in [1.54, 1.807) is 6.92 Å². The molecule has 1 fully saturated rings. The van der Waals surface area contributed by atoms with Crippen LogP contribution in [0.25, 0.3) is 33.6 Å². The summed E-state index contributed by atoms with van der Waals surface area (Å²) in [4.78, 5) is 33.6. The Morgan fingerprint density at radius 1 is 1.04 bits per heavy atom. The lowest BCUT2D eigenvalue weighted by Crippen LogP contribution is -2.70. The zero-order valence-electron chi connectivity index (χ0n) is 25.8. The fourth-order valence-electron chi connectivity index (χ4n) is 6.22. The molecule has 2 aromatic heterocycles. The summed E-state index contributed by atoms with van der Waals surface area (Å²) in [7, 11) is 1.53. The topological polar surface area (TPSA) is 124 Å². The van der Waals surface area contributed by atoms with Gasteiger partial charge in [-0.2, -0.15) is 4.80 Å². The number of aryl methyl sites for hydroxylation is 1. The molecule has 7 rings (SSSR count). The number of alkyl carbamates (subject to hydrolysis) is 1. The number of tetrazole rings is 1. The Labute approximate surface area is 278 Å². The van der Waals surface area contributed by atoms with Crippen molar-refractivity contribution in [2.75, 3.05) is 31.3 Å². The highest BCUT2D eigenvalue weighted by Gasteiger charge is 2.50. The average Bonchev–Trinajstić information content (AvgIpc) is 3.63. The number of carbonyl (C=O) groups excluding carboxylic acids is 2. The van der Waals surface area contributed by atoms with Gasteiger partial charge in [0.25, 0.3) is 5.91 Å². The van der Waals surface area contributed by atoms with Gasteiger partial charge in [0, 0.05) is 29.2 Å². The van der Waals surface area contributed by atoms with Gasteiger partial charge in [-0.25, -0.2) is 18.6 Å². The number of fused-ring (bicyclic) bond motifs is 3. The number of hydrogen-bond donors (Lipinski definition) is 1. The molecule has 244 valence electrons. The van der Waals surface area contributed by atoms with Gasteiger partial charge in [-0.3, -0.25) is 9.69 Å². The first-order valence-corrected chi connectivity index (χ1v) is 15.5. The molecule has 0 unspecified atom stereocenters. The second-order valence-electron chi connectivity index (χ2n) is 11.5. The van der Waals surface area contributed by atoms with E-state index >= 15 is 8.78 Å². The van der Waals surface area contributed by atoms with Crippen LogP contribution in [0.4, 0.5) is 19.4 Å². The molecule has 2 amide bonds. The second kappa shape index (κ2) is 12.4. The standard InChI is InChI=1S/C34H28ClF2N7O4/c1-3-44(31-28(37)12-19(15-38-31)25-13-20(35)14-27(36)29(25)30-40-42-43(2)41-30)32(45)34(17-47-18-34)39-33(46)48-16-26-23-10-6-4-8-21(23)22-9-5-7-11-24(22)26/h4-15,26H,3,16-18H2,1-2H3,(H,39,46). The molecular formula is C34H28ClF2N7O4. The van der Waals surface area contributed by atoms with Crippen molar-refractivity contribution in [2.45, 2.75) is 18.4 Å². The number of ether oxygens (including phenoxy) is 2. The summed E-state index contributed by atoms with van der Waals surface area (Å²) in [6.45, 7) is 1.45. The molecule has 0 radical (unpaired) electrons. The molecule has 3 heterocycles. The highest BCUT2D eigenvalue weighted by atomic mass is 35.5. The summed E-state index contributed by atoms with van der Waals surface area (Å²) in [6.07, 6.45) is 0.490. The quantitative estimate of drug-likeness (QED) is 0.228. The fraction of sp³-hybridized carbons (Fsp3) is 0.235. The number of pyridine rings is 1. The molecule has 2 aliphatic rings. The molecular weight excluding hydrogens is 644 g/mol. The molecule has 0 bridgehead atoms. The van der Waals surface area contributed by atoms with Crippen molar-refractivity contribution < 1.29 is 27.8 Å². The Kier molecular flexibility index (Phi) is 8.09. The maximum atomic E-state index is 15.8. The first-order valence-electron chi connectivity index (χ1n) is 15.1. The van der Waals surface area contributed by atoms with Crippen molar-refractivity contribution in [3.63, 3.8) is 0 Å². The third-order valence-electron chi connectivity index (χ3n) is 8.53. The highest BCUT2D eigenvalue weighted by molar-refractivity contribution is 6.31. The maximum absolute atomic E-state index is 15.8. The number of benzene rings is 3. The number of rotatable bonds is 8. The number of hydrogen-bond acceptors (Lipinski definition) is 8. The van der Waals surface area contributed by atoms with E-state index in [1.807, 2.05) is 48.5 Å². The number of anilines is 1. The second-order valence-corrected chi connectivity index (χ2v) is 12.0. The SMILES string of the molecule is CCN(C(=O)C1(NC(=O)OCC2c3ccccc3-c3ccccc32)COC1)c1ncc(-c2cc(Cl)cc(F)c2-c2nnn(C)n2)cc1F. The predicted molar refractivity (Wildman–Crippen MR) is 172 cm³/mol. The largest absolute Gasteiger partial charge is 0.449 e. The monoisotopic (exact) mass is 671 g/mol. The Balaban J connectivity index is 1.10. The number of nitrogens with one attached hydrogen (secondary N) is 1. The minimum absolute atomic E-state index is 0.0246. The lowest BCUT2D eigenvalue weighted by Gasteiger charge is -2.42. The smallest absolute Gasteiger partial charge is 0.408 e. The molecule has 1 aliphatic carbocycles. The van der Waals surface area contributed by atoms with Crippen molar-refractivity contribution in [3.8, 4) is 33.6 Å². The van der Waals surface area contributed by atoms with Crippen molar-refractivity contribution in [2.24, 2.45) is 7.05 Å². The van der Waals surface area contributed by atoms with E-state index < -0.39 is 29.2 Å². The summed E-state index contributed by atoms with van der Waals surface area (Å²) < 4.78 is 41.9. The lowest BCUT2D eigenvalue weighted by atomic mass is 9.95. The third kappa shape index (κ3) is 5.44. The first kappa shape index (κ1) is 31.3. The van der Waals surface area contributed by atoms with Crippen LogP contribution in [0.1, 0.15) is 24.0 Å². The Morgan fingerprint density at radius 3 is 2.31 bits per heavy atom. The summed E-state index contributed by atoms with van der Waals surface area (Å²) in [5, 5.41) is 14.5. The van der Waals surface area contributed by atoms with Crippen LogP contribution < -0.4 is 10.2 Å². The van der Waals surface area contributed by atoms with Gasteiger partial charge in [0.05, 0.1) is 25.8 Å². The number of halogens is 3. The van der Waals surface area contributed by atoms with Crippen LogP contribution >= 0.6 is 11.6 Å². The van der Waals surface area contributed by atoms with E-state index in [0.717, 1.165) is 44.1 Å². The van der Waals surface area contributed by atoms with Crippen LogP contribution in [0.3, 0.4) is 0 Å². The van der Waals surface area contributed by atoms with Crippen LogP contribution in [0.2, 0.25) is 5.02 Å². The minimum Gasteiger partial charge on any atom is -0.449 e. The van der Waals surface area contributed by atoms with Gasteiger partial charge in [-0.05, 0) is 58.2 Å². The molecule has 0 saturated carbocycles. The van der Waals surface area contributed by atoms with Crippen molar-refractivity contribution in [3.05, 3.63) is 101 Å². The van der Waals surface area contributed by atoms with Gasteiger partial charge < -0.3 is 14.8 Å². The molecule has 5 aromatic rings. The van der Waals surface area contributed by atoms with Crippen LogP contribution in [-0.4, -0.2) is 69.1 Å². The number of aromatic nitrogens is 5. The molecule has 48 heavy (non-hydrogen) atoms. The third-order valence-corrected chi connectivity index (χ3v) is 8.75. The van der Waals surface area contributed by atoms with E-state index in [2.05, 4.69) is 25.7 Å². The van der Waals surface area contributed by atoms with Gasteiger partial charge in [0.2, 0.25) is 5.82 Å². The lowest BCUT2D eigenvalue weighted by molar-refractivity contribution is -0.144. The van der Waals surface area contributed by atoms with Crippen LogP contribution in [0.15, 0.2) is 72.9 Å². The van der Waals surface area contributed by atoms with Gasteiger partial charge in [-0.15, -0.1) is 10.2 Å². The van der Waals surface area contributed by atoms with Gasteiger partial charge >= 0.3 is 6.09 Å². The number of amides is 2. The zero-order chi connectivity index (χ0) is 33.6. The van der Waals surface area contributed by atoms with Crippen LogP contribution in [0.5, 0.6) is 0 Å². The van der Waals surface area contributed by atoms with E-state index in [4.69, 9.17) is 21.1 Å². The summed E-state index contributed by atoms with van der Waals surface area (Å²) in [6, 6.07) is 19.6. The fourth-order valence-corrected chi connectivity index (χ4v) is 6.43. The van der Waals surface area contributed by atoms with Crippen LogP contribution in [-0.2, 0) is 21.3 Å². The molecule has 0 atom stereocenters. The van der Waals surface area contributed by atoms with Gasteiger partial charge in [-0.1, -0.05) is 60.1 Å². The minimum atomic E-state index is -1.49. The molecule has 0 spiro atoms. The average molecular weight is 672 g/mol. The summed E-state index contributed by atoms with van der Waals surface area (Å²) in [5.74, 6) is -2.70. The number of carbonyl (C=O) groups is 2. The molecule has 11 nitrogen and oxygen atoms in total. The van der Waals surface area contributed by atoms with E-state index in [1.165, 1.54) is 19.3 Å². The summed E-state index contributed by atoms with van der Waals surface area (Å²) >= 11 is 6.14. The Hall–Kier alpha value is -5.27. The predicted octanol–water partition coefficient (Wildman–Crippen LogP) is 5.53. The van der Waals surface area contributed by atoms with Crippen molar-refractivity contribution in [1.82, 2.24) is 30.5 Å². The molecule has 14 heteroatoms. The zero-order valence-corrected chi connectivity index (χ0v) is 26.5. The van der Waals surface area contributed by atoms with E-state index in [-0.39, 0.29) is 65.6 Å². The molecule has 3 aromatic carbocycles. The maximum Gasteiger partial charge on any atom is 0.408 e. The van der Waals surface area contributed by atoms with Crippen molar-refractivity contribution in [1.29, 1.82) is 0 Å². The van der Waals surface area contributed by atoms with Crippen LogP contribution in [0, 0.1) is 11.6 Å². The molecule has 1 saturated heterocycles. The number of likely N-dealkylation sites (N-methyl/N-ethyl adjacent to an activating group) is 1. The van der Waals surface area contributed by atoms with Crippen molar-refractivity contribution >= 4 is 29.4 Å². The Morgan fingerprint density at radius 2 is 1.73 bits per heavy atom. The highest BCUT2D eigenvalue weighted by Crippen LogP contribution is 2.44. The van der Waals surface area contributed by atoms with E-state index in [9.17, 15) is 9.59 Å².